The van der Waals surface area contributed by atoms with Crippen LogP contribution in [0, 0.1) is 24.4 Å². The minimum atomic E-state index is -0.710. The Morgan fingerprint density at radius 1 is 1.19 bits per heavy atom. The molecule has 0 aliphatic rings. The molecule has 0 amide bonds. The number of halogens is 3. The van der Waals surface area contributed by atoms with Gasteiger partial charge < -0.3 is 0 Å². The summed E-state index contributed by atoms with van der Waals surface area (Å²) in [7, 11) is 0. The van der Waals surface area contributed by atoms with Crippen molar-refractivity contribution in [3.63, 3.8) is 0 Å². The summed E-state index contributed by atoms with van der Waals surface area (Å²) in [5.41, 5.74) is 2.67. The van der Waals surface area contributed by atoms with Crippen molar-refractivity contribution in [2.45, 2.75) is 17.9 Å². The SMILES string of the molecule is Cc1ccc(F)c(C(CSc2cccc(F)c2)NN)c1F. The minimum absolute atomic E-state index is 0.0959. The molecular weight excluding hydrogens is 297 g/mol. The van der Waals surface area contributed by atoms with Gasteiger partial charge in [-0.15, -0.1) is 11.8 Å². The second-order valence-electron chi connectivity index (χ2n) is 4.58. The van der Waals surface area contributed by atoms with Gasteiger partial charge in [-0.2, -0.15) is 0 Å². The first-order chi connectivity index (χ1) is 10.0. The van der Waals surface area contributed by atoms with Crippen LogP contribution in [-0.2, 0) is 0 Å². The summed E-state index contributed by atoms with van der Waals surface area (Å²) in [5, 5.41) is 0. The van der Waals surface area contributed by atoms with E-state index in [4.69, 9.17) is 5.84 Å². The second-order valence-corrected chi connectivity index (χ2v) is 5.67. The molecule has 0 aromatic heterocycles. The Bertz CT molecular complexity index is 634. The van der Waals surface area contributed by atoms with Crippen LogP contribution >= 0.6 is 11.8 Å². The molecule has 0 fully saturated rings. The summed E-state index contributed by atoms with van der Waals surface area (Å²) in [5.74, 6) is 4.07. The van der Waals surface area contributed by atoms with E-state index in [1.54, 1.807) is 19.1 Å². The normalized spacial score (nSPS) is 12.4. The molecule has 0 spiro atoms. The monoisotopic (exact) mass is 312 g/mol. The van der Waals surface area contributed by atoms with E-state index in [1.165, 1.54) is 36.0 Å². The Kier molecular flexibility index (Phi) is 5.27. The molecule has 2 aromatic rings. The fourth-order valence-corrected chi connectivity index (χ4v) is 2.94. The van der Waals surface area contributed by atoms with Crippen LogP contribution < -0.4 is 11.3 Å². The lowest BCUT2D eigenvalue weighted by Gasteiger charge is -2.18. The quantitative estimate of drug-likeness (QED) is 0.502. The van der Waals surface area contributed by atoms with Gasteiger partial charge in [-0.05, 0) is 36.8 Å². The number of thioether (sulfide) groups is 1. The van der Waals surface area contributed by atoms with E-state index in [-0.39, 0.29) is 17.1 Å². The standard InChI is InChI=1S/C15H15F3N2S/c1-9-5-6-12(17)14(15(9)18)13(20-19)8-21-11-4-2-3-10(16)7-11/h2-7,13,20H,8,19H2,1H3. The van der Waals surface area contributed by atoms with Crippen LogP contribution in [0.1, 0.15) is 17.2 Å². The summed E-state index contributed by atoms with van der Waals surface area (Å²) in [6.45, 7) is 1.56. The molecule has 0 radical (unpaired) electrons. The predicted octanol–water partition coefficient (Wildman–Crippen LogP) is 3.71. The molecular formula is C15H15F3N2S. The van der Waals surface area contributed by atoms with Crippen LogP contribution in [0.3, 0.4) is 0 Å². The third-order valence-electron chi connectivity index (χ3n) is 3.08. The zero-order chi connectivity index (χ0) is 15.4. The summed E-state index contributed by atoms with van der Waals surface area (Å²) >= 11 is 1.27. The Morgan fingerprint density at radius 3 is 2.62 bits per heavy atom. The number of hydrogen-bond donors (Lipinski definition) is 2. The molecule has 6 heteroatoms. The average Bonchev–Trinajstić information content (AvgIpc) is 2.46. The Morgan fingerprint density at radius 2 is 1.95 bits per heavy atom. The van der Waals surface area contributed by atoms with Gasteiger partial charge in [0.15, 0.2) is 0 Å². The molecule has 0 saturated heterocycles. The van der Waals surface area contributed by atoms with Gasteiger partial charge in [-0.1, -0.05) is 12.1 Å². The molecule has 0 aliphatic heterocycles. The number of rotatable bonds is 5. The lowest BCUT2D eigenvalue weighted by Crippen LogP contribution is -2.31. The fraction of sp³-hybridized carbons (Fsp3) is 0.200. The number of aryl methyl sites for hydroxylation is 1. The zero-order valence-corrected chi connectivity index (χ0v) is 12.2. The molecule has 2 aromatic carbocycles. The second kappa shape index (κ2) is 6.98. The molecule has 0 heterocycles. The highest BCUT2D eigenvalue weighted by atomic mass is 32.2. The highest BCUT2D eigenvalue weighted by Gasteiger charge is 2.21. The van der Waals surface area contributed by atoms with E-state index < -0.39 is 17.7 Å². The number of hydrogen-bond acceptors (Lipinski definition) is 3. The molecule has 21 heavy (non-hydrogen) atoms. The molecule has 0 saturated carbocycles. The maximum Gasteiger partial charge on any atom is 0.133 e. The van der Waals surface area contributed by atoms with Gasteiger partial charge in [0.1, 0.15) is 17.5 Å². The summed E-state index contributed by atoms with van der Waals surface area (Å²) in [4.78, 5) is 0.670. The molecule has 112 valence electrons. The van der Waals surface area contributed by atoms with E-state index >= 15 is 0 Å². The molecule has 0 bridgehead atoms. The van der Waals surface area contributed by atoms with Crippen molar-refractivity contribution in [1.82, 2.24) is 5.43 Å². The predicted molar refractivity (Wildman–Crippen MR) is 78.3 cm³/mol. The van der Waals surface area contributed by atoms with Crippen molar-refractivity contribution >= 4 is 11.8 Å². The minimum Gasteiger partial charge on any atom is -0.271 e. The van der Waals surface area contributed by atoms with E-state index in [2.05, 4.69) is 5.43 Å². The molecule has 1 unspecified atom stereocenters. The Labute approximate surface area is 125 Å². The number of benzene rings is 2. The fourth-order valence-electron chi connectivity index (χ4n) is 1.95. The summed E-state index contributed by atoms with van der Waals surface area (Å²) in [6.07, 6.45) is 0. The van der Waals surface area contributed by atoms with Gasteiger partial charge >= 0.3 is 0 Å². The molecule has 2 rings (SSSR count). The van der Waals surface area contributed by atoms with Gasteiger partial charge in [0.2, 0.25) is 0 Å². The topological polar surface area (TPSA) is 38.0 Å². The largest absolute Gasteiger partial charge is 0.271 e. The van der Waals surface area contributed by atoms with Crippen LogP contribution in [0.25, 0.3) is 0 Å². The number of nitrogens with two attached hydrogens (primary N) is 1. The van der Waals surface area contributed by atoms with Crippen molar-refractivity contribution in [1.29, 1.82) is 0 Å². The molecule has 1 atom stereocenters. The lowest BCUT2D eigenvalue weighted by molar-refractivity contribution is 0.496. The van der Waals surface area contributed by atoms with Crippen molar-refractivity contribution in [3.8, 4) is 0 Å². The third kappa shape index (κ3) is 3.78. The first-order valence-electron chi connectivity index (χ1n) is 6.32. The molecule has 0 aliphatic carbocycles. The average molecular weight is 312 g/mol. The van der Waals surface area contributed by atoms with Crippen LogP contribution in [0.15, 0.2) is 41.3 Å². The van der Waals surface area contributed by atoms with Crippen molar-refractivity contribution in [2.24, 2.45) is 5.84 Å². The maximum absolute atomic E-state index is 14.1. The Hall–Kier alpha value is -1.50. The smallest absolute Gasteiger partial charge is 0.133 e. The van der Waals surface area contributed by atoms with Gasteiger partial charge in [0.05, 0.1) is 6.04 Å². The number of nitrogens with one attached hydrogen (secondary N) is 1. The van der Waals surface area contributed by atoms with Crippen LogP contribution in [0.5, 0.6) is 0 Å². The summed E-state index contributed by atoms with van der Waals surface area (Å²) in [6, 6.07) is 7.88. The molecule has 3 N–H and O–H groups in total. The van der Waals surface area contributed by atoms with Crippen molar-refractivity contribution in [2.75, 3.05) is 5.75 Å². The van der Waals surface area contributed by atoms with Gasteiger partial charge in [0, 0.05) is 16.2 Å². The third-order valence-corrected chi connectivity index (χ3v) is 4.17. The molecule has 2 nitrogen and oxygen atoms in total. The van der Waals surface area contributed by atoms with Crippen LogP contribution in [0.2, 0.25) is 0 Å². The number of hydrazine groups is 1. The van der Waals surface area contributed by atoms with Gasteiger partial charge in [-0.25, -0.2) is 13.2 Å². The van der Waals surface area contributed by atoms with E-state index in [0.717, 1.165) is 0 Å². The van der Waals surface area contributed by atoms with E-state index in [1.807, 2.05) is 0 Å². The van der Waals surface area contributed by atoms with Crippen molar-refractivity contribution in [3.05, 3.63) is 65.0 Å². The zero-order valence-electron chi connectivity index (χ0n) is 11.4. The Balaban J connectivity index is 2.19. The van der Waals surface area contributed by atoms with Crippen molar-refractivity contribution < 1.29 is 13.2 Å². The van der Waals surface area contributed by atoms with E-state index in [9.17, 15) is 13.2 Å². The maximum atomic E-state index is 14.1. The highest BCUT2D eigenvalue weighted by Crippen LogP contribution is 2.28. The van der Waals surface area contributed by atoms with Gasteiger partial charge in [-0.3, -0.25) is 11.3 Å². The van der Waals surface area contributed by atoms with Crippen LogP contribution in [0.4, 0.5) is 13.2 Å². The summed E-state index contributed by atoms with van der Waals surface area (Å²) < 4.78 is 41.0. The first-order valence-corrected chi connectivity index (χ1v) is 7.30. The highest BCUT2D eigenvalue weighted by molar-refractivity contribution is 7.99. The van der Waals surface area contributed by atoms with Gasteiger partial charge in [0.25, 0.3) is 0 Å². The lowest BCUT2D eigenvalue weighted by atomic mass is 10.0. The van der Waals surface area contributed by atoms with Crippen LogP contribution in [-0.4, -0.2) is 5.75 Å². The first kappa shape index (κ1) is 15.9. The van der Waals surface area contributed by atoms with E-state index in [0.29, 0.717) is 10.5 Å².